The maximum atomic E-state index is 11.4. The van der Waals surface area contributed by atoms with Crippen molar-refractivity contribution in [2.75, 3.05) is 24.6 Å². The van der Waals surface area contributed by atoms with Gasteiger partial charge in [0.1, 0.15) is 0 Å². The number of allylic oxidation sites excluding steroid dienone is 2. The van der Waals surface area contributed by atoms with Gasteiger partial charge in [0.05, 0.1) is 18.1 Å². The highest BCUT2D eigenvalue weighted by Gasteiger charge is 2.40. The average molecular weight is 460 g/mol. The molecule has 0 spiro atoms. The second kappa shape index (κ2) is 10.6. The molecule has 4 heteroatoms. The van der Waals surface area contributed by atoms with E-state index in [0.29, 0.717) is 11.8 Å². The van der Waals surface area contributed by atoms with Crippen molar-refractivity contribution in [2.45, 2.75) is 51.6 Å². The molecule has 180 valence electrons. The van der Waals surface area contributed by atoms with Crippen molar-refractivity contribution in [2.24, 2.45) is 11.8 Å². The van der Waals surface area contributed by atoms with E-state index < -0.39 is 17.5 Å². The lowest BCUT2D eigenvalue weighted by Gasteiger charge is -2.45. The molecule has 1 fully saturated rings. The Hall–Kier alpha value is -2.85. The number of benzene rings is 2. The van der Waals surface area contributed by atoms with Gasteiger partial charge in [-0.1, -0.05) is 74.5 Å². The number of ether oxygens (including phenoxy) is 1. The Morgan fingerprint density at radius 1 is 1.12 bits per heavy atom. The van der Waals surface area contributed by atoms with E-state index in [2.05, 4.69) is 91.6 Å². The zero-order valence-electron chi connectivity index (χ0n) is 20.6. The van der Waals surface area contributed by atoms with Gasteiger partial charge in [-0.15, -0.1) is 0 Å². The normalized spacial score (nSPS) is 23.3. The standard InChI is InChI=1S/C30H37NO3/c1-22(2)24-12-14-25(15-13-24)26-9-7-11-28(19-26)31-18-8-10-27(20-31)30(16-5-4-6-17-30)34-21-23(3)29(32)33/h4-7,9,11-16,19,22-23,27H,8,10,17-18,20-21H2,1-3H3,(H,32,33). The lowest BCUT2D eigenvalue weighted by molar-refractivity contribution is -0.146. The van der Waals surface area contributed by atoms with Crippen LogP contribution in [0.25, 0.3) is 11.1 Å². The van der Waals surface area contributed by atoms with E-state index in [9.17, 15) is 9.90 Å². The molecule has 2 aliphatic rings. The smallest absolute Gasteiger partial charge is 0.308 e. The summed E-state index contributed by atoms with van der Waals surface area (Å²) in [7, 11) is 0. The zero-order chi connectivity index (χ0) is 24.1. The highest BCUT2D eigenvalue weighted by molar-refractivity contribution is 5.70. The van der Waals surface area contributed by atoms with Crippen molar-refractivity contribution in [1.82, 2.24) is 0 Å². The maximum Gasteiger partial charge on any atom is 0.308 e. The van der Waals surface area contributed by atoms with Crippen molar-refractivity contribution in [1.29, 1.82) is 0 Å². The first-order valence-corrected chi connectivity index (χ1v) is 12.5. The van der Waals surface area contributed by atoms with Crippen molar-refractivity contribution >= 4 is 11.7 Å². The number of piperidine rings is 1. The van der Waals surface area contributed by atoms with Gasteiger partial charge in [0.15, 0.2) is 0 Å². The van der Waals surface area contributed by atoms with Crippen LogP contribution in [0.2, 0.25) is 0 Å². The second-order valence-electron chi connectivity index (χ2n) is 10.1. The number of aliphatic carboxylic acids is 1. The zero-order valence-corrected chi connectivity index (χ0v) is 20.6. The van der Waals surface area contributed by atoms with Crippen molar-refractivity contribution < 1.29 is 14.6 Å². The van der Waals surface area contributed by atoms with Crippen LogP contribution in [-0.2, 0) is 9.53 Å². The first-order chi connectivity index (χ1) is 16.4. The Bertz CT molecular complexity index is 1040. The van der Waals surface area contributed by atoms with E-state index in [4.69, 9.17) is 4.74 Å². The molecular formula is C30H37NO3. The number of carboxylic acid groups (broad SMARTS) is 1. The average Bonchev–Trinajstić information content (AvgIpc) is 2.88. The van der Waals surface area contributed by atoms with Crippen molar-refractivity contribution in [3.63, 3.8) is 0 Å². The van der Waals surface area contributed by atoms with E-state index in [1.54, 1.807) is 6.92 Å². The lowest BCUT2D eigenvalue weighted by atomic mass is 9.77. The van der Waals surface area contributed by atoms with Crippen LogP contribution in [0.15, 0.2) is 72.8 Å². The Kier molecular flexibility index (Phi) is 7.57. The SMILES string of the molecule is CC(COC1(C2CCCN(c3cccc(-c4ccc(C(C)C)cc4)c3)C2)C=CC=CC1)C(=O)O. The first kappa shape index (κ1) is 24.3. The van der Waals surface area contributed by atoms with Crippen molar-refractivity contribution in [3.05, 3.63) is 78.4 Å². The summed E-state index contributed by atoms with van der Waals surface area (Å²) >= 11 is 0. The molecule has 1 N–H and O–H groups in total. The van der Waals surface area contributed by atoms with Crippen LogP contribution in [0, 0.1) is 11.8 Å². The number of anilines is 1. The Labute approximate surface area is 203 Å². The van der Waals surface area contributed by atoms with Gasteiger partial charge in [0.2, 0.25) is 0 Å². The molecule has 0 aromatic heterocycles. The molecule has 0 saturated carbocycles. The highest BCUT2D eigenvalue weighted by Crippen LogP contribution is 2.38. The van der Waals surface area contributed by atoms with Crippen LogP contribution in [0.1, 0.15) is 51.5 Å². The number of hydrogen-bond donors (Lipinski definition) is 1. The molecule has 4 nitrogen and oxygen atoms in total. The molecule has 1 aliphatic heterocycles. The predicted molar refractivity (Wildman–Crippen MR) is 139 cm³/mol. The quantitative estimate of drug-likeness (QED) is 0.478. The first-order valence-electron chi connectivity index (χ1n) is 12.5. The van der Waals surface area contributed by atoms with Gasteiger partial charge in [-0.25, -0.2) is 0 Å². The Morgan fingerprint density at radius 3 is 2.59 bits per heavy atom. The summed E-state index contributed by atoms with van der Waals surface area (Å²) in [6.07, 6.45) is 11.4. The number of carboxylic acids is 1. The number of rotatable bonds is 8. The number of hydrogen-bond acceptors (Lipinski definition) is 3. The largest absolute Gasteiger partial charge is 0.481 e. The van der Waals surface area contributed by atoms with Gasteiger partial charge in [-0.3, -0.25) is 4.79 Å². The molecular weight excluding hydrogens is 422 g/mol. The summed E-state index contributed by atoms with van der Waals surface area (Å²) in [6.45, 7) is 8.30. The minimum absolute atomic E-state index is 0.228. The molecule has 0 radical (unpaired) electrons. The van der Waals surface area contributed by atoms with E-state index >= 15 is 0 Å². The summed E-state index contributed by atoms with van der Waals surface area (Å²) in [4.78, 5) is 13.8. The highest BCUT2D eigenvalue weighted by atomic mass is 16.5. The van der Waals surface area contributed by atoms with E-state index in [1.807, 2.05) is 0 Å². The topological polar surface area (TPSA) is 49.8 Å². The van der Waals surface area contributed by atoms with Crippen LogP contribution >= 0.6 is 0 Å². The van der Waals surface area contributed by atoms with Crippen LogP contribution in [0.4, 0.5) is 5.69 Å². The summed E-state index contributed by atoms with van der Waals surface area (Å²) in [5.74, 6) is -0.497. The van der Waals surface area contributed by atoms with Gasteiger partial charge < -0.3 is 14.7 Å². The molecule has 1 heterocycles. The fraction of sp³-hybridized carbons (Fsp3) is 0.433. The molecule has 0 amide bonds. The van der Waals surface area contributed by atoms with Gasteiger partial charge >= 0.3 is 5.97 Å². The van der Waals surface area contributed by atoms with Gasteiger partial charge in [0.25, 0.3) is 0 Å². The molecule has 0 bridgehead atoms. The second-order valence-corrected chi connectivity index (χ2v) is 10.1. The van der Waals surface area contributed by atoms with Gasteiger partial charge in [0, 0.05) is 24.7 Å². The van der Waals surface area contributed by atoms with Crippen LogP contribution < -0.4 is 4.90 Å². The van der Waals surface area contributed by atoms with Gasteiger partial charge in [-0.2, -0.15) is 0 Å². The van der Waals surface area contributed by atoms with Crippen LogP contribution in [0.3, 0.4) is 0 Å². The molecule has 1 aliphatic carbocycles. The molecule has 3 unspecified atom stereocenters. The fourth-order valence-electron chi connectivity index (χ4n) is 5.05. The third kappa shape index (κ3) is 5.44. The summed E-state index contributed by atoms with van der Waals surface area (Å²) in [5, 5.41) is 9.34. The minimum atomic E-state index is -0.811. The number of carbonyl (C=O) groups is 1. The molecule has 34 heavy (non-hydrogen) atoms. The monoisotopic (exact) mass is 459 g/mol. The van der Waals surface area contributed by atoms with Crippen LogP contribution in [-0.4, -0.2) is 36.4 Å². The molecule has 4 rings (SSSR count). The minimum Gasteiger partial charge on any atom is -0.481 e. The summed E-state index contributed by atoms with van der Waals surface area (Å²) < 4.78 is 6.40. The van der Waals surface area contributed by atoms with E-state index in [1.165, 1.54) is 22.4 Å². The summed E-state index contributed by atoms with van der Waals surface area (Å²) in [5.41, 5.74) is 4.62. The molecule has 1 saturated heterocycles. The maximum absolute atomic E-state index is 11.4. The molecule has 2 aromatic rings. The third-order valence-electron chi connectivity index (χ3n) is 7.32. The Morgan fingerprint density at radius 2 is 1.91 bits per heavy atom. The summed E-state index contributed by atoms with van der Waals surface area (Å²) in [6, 6.07) is 17.7. The number of nitrogens with zero attached hydrogens (tertiary/aromatic N) is 1. The lowest BCUT2D eigenvalue weighted by Crippen LogP contribution is -2.49. The molecule has 2 aromatic carbocycles. The predicted octanol–water partition coefficient (Wildman–Crippen LogP) is 6.69. The fourth-order valence-corrected chi connectivity index (χ4v) is 5.05. The van der Waals surface area contributed by atoms with E-state index in [0.717, 1.165) is 32.4 Å². The van der Waals surface area contributed by atoms with Gasteiger partial charge in [-0.05, 0) is 60.9 Å². The van der Waals surface area contributed by atoms with E-state index in [-0.39, 0.29) is 6.61 Å². The van der Waals surface area contributed by atoms with Crippen molar-refractivity contribution in [3.8, 4) is 11.1 Å². The Balaban J connectivity index is 1.52. The third-order valence-corrected chi connectivity index (χ3v) is 7.32. The molecule has 3 atom stereocenters. The van der Waals surface area contributed by atoms with Crippen LogP contribution in [0.5, 0.6) is 0 Å².